The lowest BCUT2D eigenvalue weighted by Crippen LogP contribution is -2.25. The summed E-state index contributed by atoms with van der Waals surface area (Å²) < 4.78 is 19.7. The number of ether oxygens (including phenoxy) is 1. The first-order chi connectivity index (χ1) is 10.1. The Labute approximate surface area is 128 Å². The zero-order valence-electron chi connectivity index (χ0n) is 13.5. The summed E-state index contributed by atoms with van der Waals surface area (Å²) in [6.45, 7) is 7.24. The predicted molar refractivity (Wildman–Crippen MR) is 85.2 cm³/mol. The van der Waals surface area contributed by atoms with Gasteiger partial charge in [0.05, 0.1) is 6.10 Å². The van der Waals surface area contributed by atoms with Crippen molar-refractivity contribution < 1.29 is 9.13 Å². The maximum absolute atomic E-state index is 13.5. The number of nitrogens with one attached hydrogen (secondary N) is 1. The van der Waals surface area contributed by atoms with E-state index in [0.29, 0.717) is 0 Å². The molecule has 1 aromatic rings. The molecule has 2 nitrogen and oxygen atoms in total. The van der Waals surface area contributed by atoms with E-state index < -0.39 is 0 Å². The van der Waals surface area contributed by atoms with E-state index in [1.54, 1.807) is 12.1 Å². The topological polar surface area (TPSA) is 21.3 Å². The van der Waals surface area contributed by atoms with E-state index in [1.165, 1.54) is 25.3 Å². The van der Waals surface area contributed by atoms with Crippen LogP contribution in [-0.2, 0) is 0 Å². The molecular formula is C18H28FNO. The molecule has 118 valence electrons. The van der Waals surface area contributed by atoms with Crippen molar-refractivity contribution in [3.8, 4) is 5.75 Å². The van der Waals surface area contributed by atoms with Gasteiger partial charge in [-0.15, -0.1) is 0 Å². The highest BCUT2D eigenvalue weighted by atomic mass is 19.1. The fourth-order valence-corrected chi connectivity index (χ4v) is 3.22. The Bertz CT molecular complexity index is 441. The molecule has 0 saturated heterocycles. The van der Waals surface area contributed by atoms with Crippen molar-refractivity contribution in [2.45, 2.75) is 65.0 Å². The highest BCUT2D eigenvalue weighted by Gasteiger charge is 2.22. The molecule has 0 aliphatic heterocycles. The van der Waals surface area contributed by atoms with Gasteiger partial charge in [-0.05, 0) is 63.3 Å². The van der Waals surface area contributed by atoms with Gasteiger partial charge >= 0.3 is 0 Å². The first kappa shape index (κ1) is 16.3. The number of hydrogen-bond acceptors (Lipinski definition) is 2. The Hall–Kier alpha value is -1.09. The fraction of sp³-hybridized carbons (Fsp3) is 0.667. The van der Waals surface area contributed by atoms with Gasteiger partial charge in [-0.3, -0.25) is 0 Å². The van der Waals surface area contributed by atoms with Gasteiger partial charge in [0.1, 0.15) is 11.6 Å². The van der Waals surface area contributed by atoms with Crippen LogP contribution in [0.2, 0.25) is 0 Å². The van der Waals surface area contributed by atoms with Crippen LogP contribution >= 0.6 is 0 Å². The lowest BCUT2D eigenvalue weighted by molar-refractivity contribution is 0.128. The van der Waals surface area contributed by atoms with E-state index in [4.69, 9.17) is 4.74 Å². The molecular weight excluding hydrogens is 265 g/mol. The van der Waals surface area contributed by atoms with Crippen LogP contribution in [-0.4, -0.2) is 12.6 Å². The quantitative estimate of drug-likeness (QED) is 0.810. The Morgan fingerprint density at radius 1 is 1.24 bits per heavy atom. The molecule has 0 spiro atoms. The smallest absolute Gasteiger partial charge is 0.124 e. The van der Waals surface area contributed by atoms with Crippen molar-refractivity contribution in [3.63, 3.8) is 0 Å². The third-order valence-electron chi connectivity index (χ3n) is 4.61. The molecule has 1 aliphatic rings. The lowest BCUT2D eigenvalue weighted by atomic mass is 9.86. The van der Waals surface area contributed by atoms with E-state index in [1.807, 2.05) is 0 Å². The molecule has 0 radical (unpaired) electrons. The standard InChI is InChI=1S/C18H28FNO/c1-4-14-6-9-16(10-7-14)21-18-11-8-15(19)12-17(18)13(3)20-5-2/h8,11-14,16,20H,4-7,9-10H2,1-3H3. The van der Waals surface area contributed by atoms with Crippen molar-refractivity contribution in [3.05, 3.63) is 29.6 Å². The van der Waals surface area contributed by atoms with Crippen LogP contribution in [0.4, 0.5) is 4.39 Å². The summed E-state index contributed by atoms with van der Waals surface area (Å²) in [4.78, 5) is 0. The minimum absolute atomic E-state index is 0.104. The molecule has 21 heavy (non-hydrogen) atoms. The van der Waals surface area contributed by atoms with E-state index in [-0.39, 0.29) is 18.0 Å². The van der Waals surface area contributed by atoms with Crippen molar-refractivity contribution >= 4 is 0 Å². The van der Waals surface area contributed by atoms with Gasteiger partial charge in [0.2, 0.25) is 0 Å². The summed E-state index contributed by atoms with van der Waals surface area (Å²) in [5, 5.41) is 3.34. The molecule has 0 bridgehead atoms. The van der Waals surface area contributed by atoms with E-state index >= 15 is 0 Å². The maximum Gasteiger partial charge on any atom is 0.124 e. The highest BCUT2D eigenvalue weighted by molar-refractivity contribution is 5.36. The first-order valence-electron chi connectivity index (χ1n) is 8.33. The van der Waals surface area contributed by atoms with Crippen molar-refractivity contribution in [1.82, 2.24) is 5.32 Å². The third-order valence-corrected chi connectivity index (χ3v) is 4.61. The molecule has 1 atom stereocenters. The molecule has 1 aliphatic carbocycles. The van der Waals surface area contributed by atoms with Crippen molar-refractivity contribution in [2.75, 3.05) is 6.54 Å². The average Bonchev–Trinajstić information content (AvgIpc) is 2.50. The second-order valence-corrected chi connectivity index (χ2v) is 6.13. The molecule has 1 unspecified atom stereocenters. The summed E-state index contributed by atoms with van der Waals surface area (Å²) in [6, 6.07) is 4.98. The maximum atomic E-state index is 13.5. The van der Waals surface area contributed by atoms with Gasteiger partial charge in [0, 0.05) is 11.6 Å². The number of rotatable bonds is 6. The molecule has 0 heterocycles. The van der Waals surface area contributed by atoms with Crippen LogP contribution in [0.5, 0.6) is 5.75 Å². The Kier molecular flexibility index (Phi) is 6.04. The van der Waals surface area contributed by atoms with E-state index in [9.17, 15) is 4.39 Å². The van der Waals surface area contributed by atoms with Crippen LogP contribution in [0, 0.1) is 11.7 Å². The fourth-order valence-electron chi connectivity index (χ4n) is 3.22. The van der Waals surface area contributed by atoms with Crippen LogP contribution in [0.3, 0.4) is 0 Å². The predicted octanol–water partition coefficient (Wildman–Crippen LogP) is 4.84. The number of benzene rings is 1. The lowest BCUT2D eigenvalue weighted by Gasteiger charge is -2.29. The Balaban J connectivity index is 2.05. The Morgan fingerprint density at radius 2 is 1.95 bits per heavy atom. The summed E-state index contributed by atoms with van der Waals surface area (Å²) in [6.07, 6.45) is 6.29. The normalized spacial score (nSPS) is 23.8. The summed E-state index contributed by atoms with van der Waals surface area (Å²) >= 11 is 0. The monoisotopic (exact) mass is 293 g/mol. The minimum Gasteiger partial charge on any atom is -0.490 e. The van der Waals surface area contributed by atoms with Crippen molar-refractivity contribution in [1.29, 1.82) is 0 Å². The largest absolute Gasteiger partial charge is 0.490 e. The van der Waals surface area contributed by atoms with Gasteiger partial charge < -0.3 is 10.1 Å². The van der Waals surface area contributed by atoms with Crippen LogP contribution < -0.4 is 10.1 Å². The third kappa shape index (κ3) is 4.44. The van der Waals surface area contributed by atoms with Gasteiger partial charge in [0.25, 0.3) is 0 Å². The average molecular weight is 293 g/mol. The highest BCUT2D eigenvalue weighted by Crippen LogP contribution is 2.32. The molecule has 2 rings (SSSR count). The molecule has 3 heteroatoms. The van der Waals surface area contributed by atoms with Gasteiger partial charge in [-0.25, -0.2) is 4.39 Å². The first-order valence-corrected chi connectivity index (χ1v) is 8.33. The summed E-state index contributed by atoms with van der Waals surface area (Å²) in [5.41, 5.74) is 0.925. The second kappa shape index (κ2) is 7.79. The zero-order chi connectivity index (χ0) is 15.2. The van der Waals surface area contributed by atoms with E-state index in [0.717, 1.165) is 36.6 Å². The number of hydrogen-bond donors (Lipinski definition) is 1. The molecule has 1 aromatic carbocycles. The summed E-state index contributed by atoms with van der Waals surface area (Å²) in [7, 11) is 0. The minimum atomic E-state index is -0.197. The van der Waals surface area contributed by atoms with Crippen LogP contribution in [0.15, 0.2) is 18.2 Å². The van der Waals surface area contributed by atoms with Crippen LogP contribution in [0.1, 0.15) is 64.5 Å². The van der Waals surface area contributed by atoms with Crippen molar-refractivity contribution in [2.24, 2.45) is 5.92 Å². The number of halogens is 1. The molecule has 1 N–H and O–H groups in total. The van der Waals surface area contributed by atoms with Crippen LogP contribution in [0.25, 0.3) is 0 Å². The van der Waals surface area contributed by atoms with E-state index in [2.05, 4.69) is 26.1 Å². The Morgan fingerprint density at radius 3 is 2.57 bits per heavy atom. The summed E-state index contributed by atoms with van der Waals surface area (Å²) in [5.74, 6) is 1.50. The van der Waals surface area contributed by atoms with Gasteiger partial charge in [-0.1, -0.05) is 20.3 Å². The van der Waals surface area contributed by atoms with Gasteiger partial charge in [0.15, 0.2) is 0 Å². The molecule has 1 fully saturated rings. The SMILES string of the molecule is CCNC(C)c1cc(F)ccc1OC1CCC(CC)CC1. The molecule has 0 aromatic heterocycles. The zero-order valence-corrected chi connectivity index (χ0v) is 13.5. The second-order valence-electron chi connectivity index (χ2n) is 6.13. The molecule has 0 amide bonds. The van der Waals surface area contributed by atoms with Gasteiger partial charge in [-0.2, -0.15) is 0 Å². The molecule has 1 saturated carbocycles.